The Morgan fingerprint density at radius 2 is 1.95 bits per heavy atom. The summed E-state index contributed by atoms with van der Waals surface area (Å²) in [5, 5.41) is 3.18. The molecular weight excluding hydrogens is 296 g/mol. The van der Waals surface area contributed by atoms with Gasteiger partial charge in [-0.3, -0.25) is 0 Å². The molecule has 2 nitrogen and oxygen atoms in total. The van der Waals surface area contributed by atoms with E-state index in [1.54, 1.807) is 6.07 Å². The van der Waals surface area contributed by atoms with Crippen LogP contribution in [-0.2, 0) is 6.54 Å². The summed E-state index contributed by atoms with van der Waals surface area (Å²) in [7, 11) is 0. The van der Waals surface area contributed by atoms with Gasteiger partial charge in [0.2, 0.25) is 0 Å². The van der Waals surface area contributed by atoms with Crippen LogP contribution in [0.5, 0.6) is 11.5 Å². The van der Waals surface area contributed by atoms with Crippen molar-refractivity contribution in [2.45, 2.75) is 19.9 Å². The van der Waals surface area contributed by atoms with Gasteiger partial charge in [-0.1, -0.05) is 18.5 Å². The van der Waals surface area contributed by atoms with E-state index in [1.165, 1.54) is 30.3 Å². The third-order valence-electron chi connectivity index (χ3n) is 2.88. The Kier molecular flexibility index (Phi) is 5.53. The van der Waals surface area contributed by atoms with Gasteiger partial charge >= 0.3 is 0 Å². The molecule has 0 heterocycles. The molecule has 0 saturated heterocycles. The second kappa shape index (κ2) is 7.38. The maximum atomic E-state index is 13.4. The largest absolute Gasteiger partial charge is 0.457 e. The van der Waals surface area contributed by atoms with E-state index in [2.05, 4.69) is 12.2 Å². The van der Waals surface area contributed by atoms with Crippen LogP contribution in [0.4, 0.5) is 8.78 Å². The highest BCUT2D eigenvalue weighted by molar-refractivity contribution is 6.30. The Hall–Kier alpha value is -1.65. The molecule has 0 amide bonds. The standard InChI is InChI=1S/C16H16ClF2NO/c1-2-7-20-10-11-8-12(18)3-6-16(11)21-13-4-5-15(19)14(17)9-13/h3-6,8-9,20H,2,7,10H2,1H3. The maximum Gasteiger partial charge on any atom is 0.142 e. The van der Waals surface area contributed by atoms with Crippen LogP contribution in [0.3, 0.4) is 0 Å². The Morgan fingerprint density at radius 1 is 1.14 bits per heavy atom. The molecule has 0 bridgehead atoms. The fraction of sp³-hybridized carbons (Fsp3) is 0.250. The summed E-state index contributed by atoms with van der Waals surface area (Å²) in [5.41, 5.74) is 0.698. The third kappa shape index (κ3) is 4.41. The van der Waals surface area contributed by atoms with Crippen molar-refractivity contribution in [1.29, 1.82) is 0 Å². The van der Waals surface area contributed by atoms with Gasteiger partial charge in [-0.25, -0.2) is 8.78 Å². The zero-order valence-corrected chi connectivity index (χ0v) is 12.4. The van der Waals surface area contributed by atoms with Crippen molar-refractivity contribution in [1.82, 2.24) is 5.32 Å². The van der Waals surface area contributed by atoms with Gasteiger partial charge in [0.1, 0.15) is 23.1 Å². The number of benzene rings is 2. The van der Waals surface area contributed by atoms with Crippen LogP contribution in [0.25, 0.3) is 0 Å². The van der Waals surface area contributed by atoms with Gasteiger partial charge in [0.25, 0.3) is 0 Å². The second-order valence-corrected chi connectivity index (χ2v) is 5.01. The topological polar surface area (TPSA) is 21.3 Å². The summed E-state index contributed by atoms with van der Waals surface area (Å²) in [6.45, 7) is 3.38. The second-order valence-electron chi connectivity index (χ2n) is 4.61. The zero-order chi connectivity index (χ0) is 15.2. The van der Waals surface area contributed by atoms with Crippen molar-refractivity contribution in [2.75, 3.05) is 6.54 Å². The molecule has 0 fully saturated rings. The molecule has 0 aliphatic carbocycles. The summed E-state index contributed by atoms with van der Waals surface area (Å²) < 4.78 is 32.2. The summed E-state index contributed by atoms with van der Waals surface area (Å²) in [6.07, 6.45) is 0.985. The molecule has 0 aliphatic heterocycles. The predicted molar refractivity (Wildman–Crippen MR) is 79.9 cm³/mol. The van der Waals surface area contributed by atoms with Crippen molar-refractivity contribution >= 4 is 11.6 Å². The smallest absolute Gasteiger partial charge is 0.142 e. The fourth-order valence-electron chi connectivity index (χ4n) is 1.85. The minimum Gasteiger partial charge on any atom is -0.457 e. The molecule has 0 aliphatic rings. The minimum atomic E-state index is -0.507. The van der Waals surface area contributed by atoms with Crippen LogP contribution in [0, 0.1) is 11.6 Å². The molecule has 5 heteroatoms. The van der Waals surface area contributed by atoms with E-state index in [-0.39, 0.29) is 10.8 Å². The third-order valence-corrected chi connectivity index (χ3v) is 3.17. The van der Waals surface area contributed by atoms with E-state index in [0.29, 0.717) is 23.6 Å². The lowest BCUT2D eigenvalue weighted by Crippen LogP contribution is -2.14. The van der Waals surface area contributed by atoms with Crippen LogP contribution in [0.15, 0.2) is 36.4 Å². The first kappa shape index (κ1) is 15.7. The van der Waals surface area contributed by atoms with E-state index >= 15 is 0 Å². The molecule has 0 atom stereocenters. The fourth-order valence-corrected chi connectivity index (χ4v) is 2.02. The highest BCUT2D eigenvalue weighted by Crippen LogP contribution is 2.29. The SMILES string of the molecule is CCCNCc1cc(F)ccc1Oc1ccc(F)c(Cl)c1. The monoisotopic (exact) mass is 311 g/mol. The molecule has 2 aromatic carbocycles. The van der Waals surface area contributed by atoms with Gasteiger partial charge in [-0.2, -0.15) is 0 Å². The van der Waals surface area contributed by atoms with Crippen molar-refractivity contribution in [3.63, 3.8) is 0 Å². The Labute approximate surface area is 127 Å². The summed E-state index contributed by atoms with van der Waals surface area (Å²) in [5.74, 6) is 0.0909. The van der Waals surface area contributed by atoms with Crippen molar-refractivity contribution < 1.29 is 13.5 Å². The number of hydrogen-bond acceptors (Lipinski definition) is 2. The summed E-state index contributed by atoms with van der Waals surface area (Å²) in [4.78, 5) is 0. The lowest BCUT2D eigenvalue weighted by Gasteiger charge is -2.12. The lowest BCUT2D eigenvalue weighted by atomic mass is 10.2. The molecule has 0 aromatic heterocycles. The molecule has 0 spiro atoms. The number of hydrogen-bond donors (Lipinski definition) is 1. The average Bonchev–Trinajstić information content (AvgIpc) is 2.46. The molecule has 2 aromatic rings. The van der Waals surface area contributed by atoms with Crippen LogP contribution in [0.1, 0.15) is 18.9 Å². The number of ether oxygens (including phenoxy) is 1. The Morgan fingerprint density at radius 3 is 2.67 bits per heavy atom. The van der Waals surface area contributed by atoms with Crippen molar-refractivity contribution in [3.05, 3.63) is 58.6 Å². The van der Waals surface area contributed by atoms with Gasteiger partial charge < -0.3 is 10.1 Å². The van der Waals surface area contributed by atoms with Crippen molar-refractivity contribution in [2.24, 2.45) is 0 Å². The van der Waals surface area contributed by atoms with Gasteiger partial charge in [0, 0.05) is 18.2 Å². The summed E-state index contributed by atoms with van der Waals surface area (Å²) >= 11 is 5.72. The highest BCUT2D eigenvalue weighted by atomic mass is 35.5. The summed E-state index contributed by atoms with van der Waals surface area (Å²) in [6, 6.07) is 8.40. The zero-order valence-electron chi connectivity index (χ0n) is 11.6. The quantitative estimate of drug-likeness (QED) is 0.765. The number of halogens is 3. The van der Waals surface area contributed by atoms with Gasteiger partial charge in [0.05, 0.1) is 5.02 Å². The first-order valence-corrected chi connectivity index (χ1v) is 7.10. The average molecular weight is 312 g/mol. The van der Waals surface area contributed by atoms with Crippen LogP contribution in [0.2, 0.25) is 5.02 Å². The lowest BCUT2D eigenvalue weighted by molar-refractivity contribution is 0.468. The van der Waals surface area contributed by atoms with Gasteiger partial charge in [-0.15, -0.1) is 0 Å². The van der Waals surface area contributed by atoms with Crippen LogP contribution >= 0.6 is 11.6 Å². The molecule has 2 rings (SSSR count). The van der Waals surface area contributed by atoms with Crippen LogP contribution in [-0.4, -0.2) is 6.54 Å². The molecule has 0 radical (unpaired) electrons. The number of rotatable bonds is 6. The molecular formula is C16H16ClF2NO. The molecule has 1 N–H and O–H groups in total. The maximum absolute atomic E-state index is 13.4. The number of nitrogens with one attached hydrogen (secondary N) is 1. The Balaban J connectivity index is 2.19. The van der Waals surface area contributed by atoms with Crippen molar-refractivity contribution in [3.8, 4) is 11.5 Å². The van der Waals surface area contributed by atoms with Gasteiger partial charge in [0.15, 0.2) is 0 Å². The van der Waals surface area contributed by atoms with E-state index in [4.69, 9.17) is 16.3 Å². The molecule has 0 saturated carbocycles. The van der Waals surface area contributed by atoms with Gasteiger partial charge in [-0.05, 0) is 43.3 Å². The minimum absolute atomic E-state index is 0.0136. The van der Waals surface area contributed by atoms with E-state index in [0.717, 1.165) is 13.0 Å². The molecule has 112 valence electrons. The van der Waals surface area contributed by atoms with E-state index in [9.17, 15) is 8.78 Å². The first-order chi connectivity index (χ1) is 10.1. The normalized spacial score (nSPS) is 10.7. The highest BCUT2D eigenvalue weighted by Gasteiger charge is 2.08. The van der Waals surface area contributed by atoms with Crippen LogP contribution < -0.4 is 10.1 Å². The predicted octanol–water partition coefficient (Wildman–Crippen LogP) is 4.91. The first-order valence-electron chi connectivity index (χ1n) is 6.72. The Bertz CT molecular complexity index is 619. The molecule has 0 unspecified atom stereocenters. The van der Waals surface area contributed by atoms with E-state index < -0.39 is 5.82 Å². The van der Waals surface area contributed by atoms with E-state index in [1.807, 2.05) is 0 Å². The molecule has 21 heavy (non-hydrogen) atoms.